The summed E-state index contributed by atoms with van der Waals surface area (Å²) in [6.07, 6.45) is 0.102. The zero-order chi connectivity index (χ0) is 20.5. The molecule has 0 amide bonds. The number of carbonyl (C=O) groups is 1. The summed E-state index contributed by atoms with van der Waals surface area (Å²) in [7, 11) is 1.72. The van der Waals surface area contributed by atoms with Gasteiger partial charge in [-0.05, 0) is 30.7 Å². The number of ether oxygens (including phenoxy) is 1. The average molecular weight is 393 g/mol. The van der Waals surface area contributed by atoms with Gasteiger partial charge in [-0.15, -0.1) is 0 Å². The number of phenolic OH excluding ortho intramolecular Hbond substituents is 1. The van der Waals surface area contributed by atoms with E-state index in [1.165, 1.54) is 0 Å². The summed E-state index contributed by atoms with van der Waals surface area (Å²) in [5.41, 5.74) is 1.70. The van der Waals surface area contributed by atoms with E-state index in [1.54, 1.807) is 36.7 Å². The summed E-state index contributed by atoms with van der Waals surface area (Å²) in [5.74, 6) is -0.621. The molecule has 2 aliphatic rings. The Morgan fingerprint density at radius 3 is 2.83 bits per heavy atom. The van der Waals surface area contributed by atoms with Crippen molar-refractivity contribution in [3.8, 4) is 17.1 Å². The van der Waals surface area contributed by atoms with E-state index in [4.69, 9.17) is 9.72 Å². The molecule has 1 atom stereocenters. The lowest BCUT2D eigenvalue weighted by Crippen LogP contribution is -2.44. The summed E-state index contributed by atoms with van der Waals surface area (Å²) in [4.78, 5) is 30.1. The van der Waals surface area contributed by atoms with E-state index < -0.39 is 11.6 Å². The molecule has 1 unspecified atom stereocenters. The highest BCUT2D eigenvalue weighted by Gasteiger charge is 2.45. The first-order valence-corrected chi connectivity index (χ1v) is 9.39. The minimum atomic E-state index is -1.84. The second-order valence-corrected chi connectivity index (χ2v) is 7.38. The number of pyridine rings is 2. The number of carbonyl (C=O) groups excluding carboxylic acids is 1. The molecule has 0 aliphatic carbocycles. The van der Waals surface area contributed by atoms with Crippen molar-refractivity contribution in [2.45, 2.75) is 32.1 Å². The third kappa shape index (κ3) is 2.20. The number of hydrogen-bond acceptors (Lipinski definition) is 7. The molecule has 0 bridgehead atoms. The summed E-state index contributed by atoms with van der Waals surface area (Å²) in [6, 6.07) is 6.87. The molecule has 0 saturated carbocycles. The Labute approximate surface area is 165 Å². The third-order valence-electron chi connectivity index (χ3n) is 5.92. The predicted octanol–water partition coefficient (Wildman–Crippen LogP) is 1.83. The molecule has 2 aliphatic heterocycles. The van der Waals surface area contributed by atoms with Crippen LogP contribution in [0.1, 0.15) is 30.0 Å². The van der Waals surface area contributed by atoms with Crippen molar-refractivity contribution in [1.29, 1.82) is 0 Å². The number of hydrogen-bond donors (Lipinski definition) is 3. The number of nitrogens with zero attached hydrogens (tertiary/aromatic N) is 2. The standard InChI is InChI=1S/C21H19N3O5/c1-3-21(28)13-7-15-17-10(8-24(15)19(26)12(13)9-29-20(21)27)6-11-14(23-17)4-5-16(25)18(11)22-2/h4-7,22,25,28H,3,8-9H2,1-2H3. The molecule has 148 valence electrons. The summed E-state index contributed by atoms with van der Waals surface area (Å²) >= 11 is 0. The van der Waals surface area contributed by atoms with Gasteiger partial charge in [-0.25, -0.2) is 9.78 Å². The first-order chi connectivity index (χ1) is 13.9. The first kappa shape index (κ1) is 17.7. The van der Waals surface area contributed by atoms with Crippen molar-refractivity contribution in [2.24, 2.45) is 0 Å². The lowest BCUT2D eigenvalue weighted by molar-refractivity contribution is -0.172. The Morgan fingerprint density at radius 2 is 2.10 bits per heavy atom. The molecule has 0 saturated heterocycles. The normalized spacial score (nSPS) is 19.5. The molecule has 8 nitrogen and oxygen atoms in total. The molecule has 29 heavy (non-hydrogen) atoms. The van der Waals surface area contributed by atoms with E-state index >= 15 is 0 Å². The Hall–Kier alpha value is -3.39. The second-order valence-electron chi connectivity index (χ2n) is 7.38. The van der Waals surface area contributed by atoms with Crippen LogP contribution in [0.2, 0.25) is 0 Å². The molecule has 3 aromatic rings. The van der Waals surface area contributed by atoms with Crippen LogP contribution in [0, 0.1) is 0 Å². The van der Waals surface area contributed by atoms with E-state index in [0.29, 0.717) is 40.3 Å². The minimum absolute atomic E-state index is 0.102. The number of phenols is 1. The number of anilines is 1. The number of fused-ring (bicyclic) bond motifs is 5. The Bertz CT molecular complexity index is 1280. The number of esters is 1. The summed E-state index contributed by atoms with van der Waals surface area (Å²) in [6.45, 7) is 1.84. The van der Waals surface area contributed by atoms with E-state index in [0.717, 1.165) is 10.9 Å². The molecule has 3 N–H and O–H groups in total. The van der Waals surface area contributed by atoms with Gasteiger partial charge in [-0.1, -0.05) is 6.92 Å². The van der Waals surface area contributed by atoms with E-state index in [-0.39, 0.29) is 24.3 Å². The third-order valence-corrected chi connectivity index (χ3v) is 5.92. The van der Waals surface area contributed by atoms with Gasteiger partial charge >= 0.3 is 5.97 Å². The van der Waals surface area contributed by atoms with Gasteiger partial charge < -0.3 is 24.8 Å². The Kier molecular flexibility index (Phi) is 3.54. The maximum atomic E-state index is 13.1. The van der Waals surface area contributed by atoms with Gasteiger partial charge in [0.2, 0.25) is 0 Å². The average Bonchev–Trinajstić information content (AvgIpc) is 3.08. The van der Waals surface area contributed by atoms with Crippen molar-refractivity contribution in [3.05, 3.63) is 51.3 Å². The minimum Gasteiger partial charge on any atom is -0.506 e. The molecule has 2 aromatic heterocycles. The van der Waals surface area contributed by atoms with Crippen LogP contribution in [0.25, 0.3) is 22.3 Å². The van der Waals surface area contributed by atoms with E-state index in [9.17, 15) is 19.8 Å². The van der Waals surface area contributed by atoms with E-state index in [1.807, 2.05) is 6.07 Å². The second kappa shape index (κ2) is 5.81. The van der Waals surface area contributed by atoms with Crippen molar-refractivity contribution < 1.29 is 19.7 Å². The number of aliphatic hydroxyl groups is 1. The van der Waals surface area contributed by atoms with Crippen molar-refractivity contribution in [2.75, 3.05) is 12.4 Å². The number of benzene rings is 1. The fourth-order valence-electron chi connectivity index (χ4n) is 4.30. The van der Waals surface area contributed by atoms with Gasteiger partial charge in [-0.2, -0.15) is 0 Å². The molecular formula is C21H19N3O5. The number of aromatic hydroxyl groups is 1. The molecule has 0 spiro atoms. The van der Waals surface area contributed by atoms with Crippen LogP contribution in [0.3, 0.4) is 0 Å². The Balaban J connectivity index is 1.79. The lowest BCUT2D eigenvalue weighted by Gasteiger charge is -2.31. The lowest BCUT2D eigenvalue weighted by atomic mass is 9.86. The van der Waals surface area contributed by atoms with E-state index in [2.05, 4.69) is 5.32 Å². The van der Waals surface area contributed by atoms with Gasteiger partial charge in [0.1, 0.15) is 12.4 Å². The number of cyclic esters (lactones) is 1. The van der Waals surface area contributed by atoms with Crippen LogP contribution >= 0.6 is 0 Å². The quantitative estimate of drug-likeness (QED) is 0.352. The Morgan fingerprint density at radius 1 is 1.31 bits per heavy atom. The monoisotopic (exact) mass is 393 g/mol. The highest BCUT2D eigenvalue weighted by atomic mass is 16.6. The molecule has 8 heteroatoms. The largest absolute Gasteiger partial charge is 0.506 e. The van der Waals surface area contributed by atoms with Crippen molar-refractivity contribution in [1.82, 2.24) is 9.55 Å². The highest BCUT2D eigenvalue weighted by Crippen LogP contribution is 2.40. The number of rotatable bonds is 2. The fraction of sp³-hybridized carbons (Fsp3) is 0.286. The molecule has 5 rings (SSSR count). The predicted molar refractivity (Wildman–Crippen MR) is 106 cm³/mol. The van der Waals surface area contributed by atoms with Gasteiger partial charge in [0.25, 0.3) is 5.56 Å². The molecule has 4 heterocycles. The van der Waals surface area contributed by atoms with Crippen LogP contribution < -0.4 is 10.9 Å². The highest BCUT2D eigenvalue weighted by molar-refractivity contribution is 5.97. The number of aromatic nitrogens is 2. The number of nitrogens with one attached hydrogen (secondary N) is 1. The van der Waals surface area contributed by atoms with Gasteiger partial charge in [-0.3, -0.25) is 4.79 Å². The smallest absolute Gasteiger partial charge is 0.343 e. The topological polar surface area (TPSA) is 114 Å². The van der Waals surface area contributed by atoms with Gasteiger partial charge in [0.05, 0.1) is 34.7 Å². The first-order valence-electron chi connectivity index (χ1n) is 9.39. The van der Waals surface area contributed by atoms with Gasteiger partial charge in [0.15, 0.2) is 5.60 Å². The van der Waals surface area contributed by atoms with Crippen LogP contribution in [0.5, 0.6) is 5.75 Å². The van der Waals surface area contributed by atoms with Crippen LogP contribution in [0.15, 0.2) is 29.1 Å². The van der Waals surface area contributed by atoms with Crippen LogP contribution in [0.4, 0.5) is 5.69 Å². The maximum Gasteiger partial charge on any atom is 0.343 e. The van der Waals surface area contributed by atoms with Crippen LogP contribution in [-0.4, -0.2) is 32.8 Å². The van der Waals surface area contributed by atoms with Crippen molar-refractivity contribution in [3.63, 3.8) is 0 Å². The van der Waals surface area contributed by atoms with Crippen LogP contribution in [-0.2, 0) is 28.3 Å². The van der Waals surface area contributed by atoms with Crippen molar-refractivity contribution >= 4 is 22.6 Å². The zero-order valence-electron chi connectivity index (χ0n) is 15.9. The fourth-order valence-corrected chi connectivity index (χ4v) is 4.30. The van der Waals surface area contributed by atoms with Gasteiger partial charge in [0, 0.05) is 23.6 Å². The molecular weight excluding hydrogens is 374 g/mol. The molecule has 0 fully saturated rings. The maximum absolute atomic E-state index is 13.1. The molecule has 1 aromatic carbocycles. The summed E-state index contributed by atoms with van der Waals surface area (Å²) < 4.78 is 6.67. The molecule has 0 radical (unpaired) electrons. The zero-order valence-corrected chi connectivity index (χ0v) is 15.9. The SMILES string of the molecule is CCC1(O)C(=O)OCc2c1cc1n(c2=O)Cc2cc3c(NC)c(O)ccc3nc2-1. The summed E-state index contributed by atoms with van der Waals surface area (Å²) in [5, 5.41) is 24.7.